The molecule has 5 nitrogen and oxygen atoms in total. The van der Waals surface area contributed by atoms with E-state index >= 15 is 0 Å². The minimum Gasteiger partial charge on any atom is -0.422 e. The number of halogens is 1. The second-order valence-electron chi connectivity index (χ2n) is 5.48. The number of aryl methyl sites for hydroxylation is 1. The Kier molecular flexibility index (Phi) is 6.96. The number of aromatic nitrogens is 1. The van der Waals surface area contributed by atoms with E-state index in [1.165, 1.54) is 37.6 Å². The number of unbranched alkanes of at least 4 members (excludes halogenated alkanes) is 4. The molecule has 0 unspecified atom stereocenters. The molecule has 1 aromatic carbocycles. The van der Waals surface area contributed by atoms with E-state index in [4.69, 9.17) is 9.68 Å². The molecule has 2 rings (SSSR count). The van der Waals surface area contributed by atoms with Crippen LogP contribution >= 0.6 is 0 Å². The van der Waals surface area contributed by atoms with Crippen LogP contribution in [0.3, 0.4) is 0 Å². The number of rotatable bonds is 9. The molecule has 126 valence electrons. The van der Waals surface area contributed by atoms with Crippen LogP contribution in [0.15, 0.2) is 33.8 Å². The molecule has 0 fully saturated rings. The third-order valence-corrected chi connectivity index (χ3v) is 3.52. The lowest BCUT2D eigenvalue weighted by Gasteiger charge is -1.97. The molecular formula is C18H21FN4O. The molecule has 0 aliphatic heterocycles. The Labute approximate surface area is 141 Å². The zero-order chi connectivity index (χ0) is 17.2. The van der Waals surface area contributed by atoms with Crippen molar-refractivity contribution >= 4 is 12.1 Å². The molecule has 1 N–H and O–H groups in total. The van der Waals surface area contributed by atoms with Gasteiger partial charge >= 0.3 is 0 Å². The molecule has 24 heavy (non-hydrogen) atoms. The number of hydrogen-bond acceptors (Lipinski definition) is 5. The average Bonchev–Trinajstić information content (AvgIpc) is 2.99. The molecule has 0 bridgehead atoms. The Bertz CT molecular complexity index is 701. The highest BCUT2D eigenvalue weighted by Gasteiger charge is 2.12. The van der Waals surface area contributed by atoms with Gasteiger partial charge in [0.15, 0.2) is 5.89 Å². The van der Waals surface area contributed by atoms with E-state index < -0.39 is 0 Å². The largest absolute Gasteiger partial charge is 0.422 e. The van der Waals surface area contributed by atoms with Crippen molar-refractivity contribution in [2.75, 3.05) is 5.43 Å². The minimum absolute atomic E-state index is 0.190. The molecule has 0 aliphatic rings. The Morgan fingerprint density at radius 2 is 2.00 bits per heavy atom. The lowest BCUT2D eigenvalue weighted by atomic mass is 10.1. The van der Waals surface area contributed by atoms with Gasteiger partial charge in [0, 0.05) is 6.42 Å². The third kappa shape index (κ3) is 5.51. The summed E-state index contributed by atoms with van der Waals surface area (Å²) < 4.78 is 18.4. The Morgan fingerprint density at radius 3 is 2.71 bits per heavy atom. The van der Waals surface area contributed by atoms with Gasteiger partial charge in [-0.2, -0.15) is 10.4 Å². The Morgan fingerprint density at radius 1 is 1.25 bits per heavy atom. The van der Waals surface area contributed by atoms with Crippen molar-refractivity contribution in [2.45, 2.75) is 45.4 Å². The number of nitrogens with zero attached hydrogens (tertiary/aromatic N) is 3. The summed E-state index contributed by atoms with van der Waals surface area (Å²) in [6, 6.07) is 7.91. The summed E-state index contributed by atoms with van der Waals surface area (Å²) in [4.78, 5) is 4.17. The fraction of sp³-hybridized carbons (Fsp3) is 0.389. The summed E-state index contributed by atoms with van der Waals surface area (Å²) in [5.41, 5.74) is 3.61. The van der Waals surface area contributed by atoms with E-state index in [-0.39, 0.29) is 17.4 Å². The summed E-state index contributed by atoms with van der Waals surface area (Å²) in [5, 5.41) is 13.1. The standard InChI is InChI=1S/C18H21FN4O/c1-2-3-4-5-6-7-17-22-16(12-20)18(24-17)23-21-13-14-8-10-15(19)11-9-14/h8-11,13,23H,2-7H2,1H3/b21-13-. The van der Waals surface area contributed by atoms with Crippen LogP contribution < -0.4 is 5.43 Å². The molecule has 0 saturated heterocycles. The van der Waals surface area contributed by atoms with Crippen LogP contribution in [0.4, 0.5) is 10.3 Å². The van der Waals surface area contributed by atoms with Crippen LogP contribution in [-0.4, -0.2) is 11.2 Å². The zero-order valence-electron chi connectivity index (χ0n) is 13.8. The van der Waals surface area contributed by atoms with E-state index in [0.29, 0.717) is 12.3 Å². The predicted octanol–water partition coefficient (Wildman–Crippen LogP) is 4.64. The van der Waals surface area contributed by atoms with Crippen molar-refractivity contribution in [1.29, 1.82) is 5.26 Å². The van der Waals surface area contributed by atoms with Crippen LogP contribution in [0.5, 0.6) is 0 Å². The smallest absolute Gasteiger partial charge is 0.252 e. The van der Waals surface area contributed by atoms with Gasteiger partial charge in [-0.05, 0) is 24.1 Å². The molecule has 0 saturated carbocycles. The lowest BCUT2D eigenvalue weighted by molar-refractivity contribution is 0.488. The van der Waals surface area contributed by atoms with E-state index in [9.17, 15) is 4.39 Å². The highest BCUT2D eigenvalue weighted by Crippen LogP contribution is 2.18. The van der Waals surface area contributed by atoms with Gasteiger partial charge in [0.1, 0.15) is 11.9 Å². The average molecular weight is 328 g/mol. The van der Waals surface area contributed by atoms with Crippen molar-refractivity contribution in [3.63, 3.8) is 0 Å². The molecule has 1 aromatic heterocycles. The first-order valence-corrected chi connectivity index (χ1v) is 8.17. The van der Waals surface area contributed by atoms with E-state index in [0.717, 1.165) is 18.4 Å². The predicted molar refractivity (Wildman–Crippen MR) is 91.3 cm³/mol. The van der Waals surface area contributed by atoms with Gasteiger partial charge in [-0.25, -0.2) is 14.8 Å². The van der Waals surface area contributed by atoms with Gasteiger partial charge < -0.3 is 4.42 Å². The quantitative estimate of drug-likeness (QED) is 0.413. The molecule has 0 amide bonds. The first-order chi connectivity index (χ1) is 11.7. The number of nitrogens with one attached hydrogen (secondary N) is 1. The van der Waals surface area contributed by atoms with Crippen LogP contribution in [0, 0.1) is 17.1 Å². The first-order valence-electron chi connectivity index (χ1n) is 8.17. The molecule has 0 spiro atoms. The third-order valence-electron chi connectivity index (χ3n) is 3.52. The van der Waals surface area contributed by atoms with Crippen molar-refractivity contribution in [2.24, 2.45) is 5.10 Å². The maximum absolute atomic E-state index is 12.8. The second-order valence-corrected chi connectivity index (χ2v) is 5.48. The van der Waals surface area contributed by atoms with Crippen molar-refractivity contribution in [3.8, 4) is 6.07 Å². The number of hydrogen-bond donors (Lipinski definition) is 1. The topological polar surface area (TPSA) is 74.2 Å². The summed E-state index contributed by atoms with van der Waals surface area (Å²) in [5.74, 6) is 0.479. The van der Waals surface area contributed by atoms with Gasteiger partial charge in [-0.3, -0.25) is 0 Å². The van der Waals surface area contributed by atoms with Crippen LogP contribution in [0.25, 0.3) is 0 Å². The minimum atomic E-state index is -0.300. The van der Waals surface area contributed by atoms with E-state index in [1.54, 1.807) is 12.1 Å². The number of nitriles is 1. The maximum Gasteiger partial charge on any atom is 0.252 e. The molecule has 1 heterocycles. The van der Waals surface area contributed by atoms with E-state index in [2.05, 4.69) is 22.4 Å². The molecule has 0 aliphatic carbocycles. The summed E-state index contributed by atoms with van der Waals surface area (Å²) in [7, 11) is 0. The number of benzene rings is 1. The lowest BCUT2D eigenvalue weighted by Crippen LogP contribution is -1.91. The number of anilines is 1. The normalized spacial score (nSPS) is 10.9. The maximum atomic E-state index is 12.8. The SMILES string of the molecule is CCCCCCCc1nc(C#N)c(N/N=C\c2ccc(F)cc2)o1. The summed E-state index contributed by atoms with van der Waals surface area (Å²) >= 11 is 0. The number of hydrazone groups is 1. The summed E-state index contributed by atoms with van der Waals surface area (Å²) in [6.45, 7) is 2.18. The Balaban J connectivity index is 1.90. The van der Waals surface area contributed by atoms with Crippen LogP contribution in [0.2, 0.25) is 0 Å². The van der Waals surface area contributed by atoms with Crippen molar-refractivity contribution < 1.29 is 8.81 Å². The molecular weight excluding hydrogens is 307 g/mol. The van der Waals surface area contributed by atoms with Gasteiger partial charge in [-0.15, -0.1) is 0 Å². The molecule has 6 heteroatoms. The van der Waals surface area contributed by atoms with Crippen LogP contribution in [-0.2, 0) is 6.42 Å². The number of oxazole rings is 1. The van der Waals surface area contributed by atoms with Gasteiger partial charge in [0.2, 0.25) is 5.69 Å². The monoisotopic (exact) mass is 328 g/mol. The fourth-order valence-electron chi connectivity index (χ4n) is 2.22. The van der Waals surface area contributed by atoms with Gasteiger partial charge in [0.25, 0.3) is 5.88 Å². The fourth-order valence-corrected chi connectivity index (χ4v) is 2.22. The van der Waals surface area contributed by atoms with Crippen molar-refractivity contribution in [1.82, 2.24) is 4.98 Å². The van der Waals surface area contributed by atoms with Crippen molar-refractivity contribution in [3.05, 3.63) is 47.2 Å². The highest BCUT2D eigenvalue weighted by molar-refractivity contribution is 5.80. The highest BCUT2D eigenvalue weighted by atomic mass is 19.1. The summed E-state index contributed by atoms with van der Waals surface area (Å²) in [6.07, 6.45) is 8.00. The van der Waals surface area contributed by atoms with Gasteiger partial charge in [-0.1, -0.05) is 44.7 Å². The van der Waals surface area contributed by atoms with E-state index in [1.807, 2.05) is 6.07 Å². The van der Waals surface area contributed by atoms with Gasteiger partial charge in [0.05, 0.1) is 6.21 Å². The molecule has 0 radical (unpaired) electrons. The zero-order valence-corrected chi connectivity index (χ0v) is 13.8. The van der Waals surface area contributed by atoms with Crippen LogP contribution in [0.1, 0.15) is 56.2 Å². The first kappa shape index (κ1) is 17.7. The molecule has 0 atom stereocenters. The molecule has 2 aromatic rings. The Hall–Kier alpha value is -2.68. The second kappa shape index (κ2) is 9.46.